The molecule has 12 heteroatoms. The first-order valence-corrected chi connectivity index (χ1v) is 10.1. The van der Waals surface area contributed by atoms with E-state index in [0.29, 0.717) is 25.9 Å². The summed E-state index contributed by atoms with van der Waals surface area (Å²) in [7, 11) is 2.88. The van der Waals surface area contributed by atoms with Crippen molar-refractivity contribution in [3.05, 3.63) is 45.3 Å². The predicted molar refractivity (Wildman–Crippen MR) is 111 cm³/mol. The lowest BCUT2D eigenvalue weighted by Crippen LogP contribution is -2.44. The number of benzene rings is 1. The van der Waals surface area contributed by atoms with Crippen molar-refractivity contribution in [2.75, 3.05) is 32.1 Å². The zero-order chi connectivity index (χ0) is 23.5. The Morgan fingerprint density at radius 3 is 2.59 bits per heavy atom. The maximum Gasteiger partial charge on any atom is 0.416 e. The van der Waals surface area contributed by atoms with Gasteiger partial charge < -0.3 is 19.7 Å². The van der Waals surface area contributed by atoms with Crippen LogP contribution in [0.15, 0.2) is 29.2 Å². The molecule has 2 heterocycles. The van der Waals surface area contributed by atoms with Gasteiger partial charge in [-0.1, -0.05) is 11.6 Å². The van der Waals surface area contributed by atoms with Gasteiger partial charge in [-0.05, 0) is 18.2 Å². The minimum atomic E-state index is -4.50. The summed E-state index contributed by atoms with van der Waals surface area (Å²) in [5, 5.41) is 6.75. The fourth-order valence-electron chi connectivity index (χ4n) is 3.29. The summed E-state index contributed by atoms with van der Waals surface area (Å²) in [6.07, 6.45) is -2.64. The number of piperidine rings is 1. The Morgan fingerprint density at radius 1 is 1.28 bits per heavy atom. The van der Waals surface area contributed by atoms with E-state index in [0.717, 1.165) is 22.9 Å². The number of methoxy groups -OCH3 is 1. The second-order valence-corrected chi connectivity index (χ2v) is 7.62. The third-order valence-corrected chi connectivity index (χ3v) is 5.40. The molecule has 1 fully saturated rings. The Labute approximate surface area is 186 Å². The van der Waals surface area contributed by atoms with Crippen LogP contribution in [0.3, 0.4) is 0 Å². The minimum absolute atomic E-state index is 0.0337. The van der Waals surface area contributed by atoms with Crippen LogP contribution in [-0.4, -0.2) is 53.4 Å². The number of halogens is 4. The molecule has 0 unspecified atom stereocenters. The second kappa shape index (κ2) is 9.68. The highest BCUT2D eigenvalue weighted by Crippen LogP contribution is 2.36. The summed E-state index contributed by atoms with van der Waals surface area (Å²) >= 11 is 5.99. The van der Waals surface area contributed by atoms with Gasteiger partial charge in [-0.15, -0.1) is 0 Å². The molecular formula is C20H22ClF3N4O4. The SMILES string of the molecule is COc1cnn(C)c(=O)c1NCC(=O)N1CCC(Oc2cc(C(F)(F)F)ccc2Cl)CC1. The first-order valence-electron chi connectivity index (χ1n) is 9.75. The quantitative estimate of drug-likeness (QED) is 0.693. The Hall–Kier alpha value is -2.95. The molecule has 0 atom stereocenters. The average Bonchev–Trinajstić information content (AvgIpc) is 2.75. The molecule has 1 aliphatic rings. The van der Waals surface area contributed by atoms with Crippen molar-refractivity contribution in [2.24, 2.45) is 7.05 Å². The predicted octanol–water partition coefficient (Wildman–Crippen LogP) is 2.94. The topological polar surface area (TPSA) is 85.7 Å². The highest BCUT2D eigenvalue weighted by atomic mass is 35.5. The molecule has 1 amide bonds. The van der Waals surface area contributed by atoms with Gasteiger partial charge in [-0.3, -0.25) is 9.59 Å². The number of hydrogen-bond donors (Lipinski definition) is 1. The molecule has 3 rings (SSSR count). The van der Waals surface area contributed by atoms with Crippen LogP contribution >= 0.6 is 11.6 Å². The van der Waals surface area contributed by atoms with Gasteiger partial charge in [-0.25, -0.2) is 4.68 Å². The molecule has 32 heavy (non-hydrogen) atoms. The van der Waals surface area contributed by atoms with Crippen molar-refractivity contribution in [2.45, 2.75) is 25.1 Å². The zero-order valence-corrected chi connectivity index (χ0v) is 18.2. The molecule has 0 saturated carbocycles. The van der Waals surface area contributed by atoms with Crippen LogP contribution in [0.1, 0.15) is 18.4 Å². The lowest BCUT2D eigenvalue weighted by Gasteiger charge is -2.32. The van der Waals surface area contributed by atoms with Gasteiger partial charge in [0, 0.05) is 33.0 Å². The van der Waals surface area contributed by atoms with Gasteiger partial charge in [0.1, 0.15) is 17.5 Å². The molecule has 0 spiro atoms. The van der Waals surface area contributed by atoms with Crippen LogP contribution in [0.4, 0.5) is 18.9 Å². The highest BCUT2D eigenvalue weighted by molar-refractivity contribution is 6.32. The van der Waals surface area contributed by atoms with Crippen LogP contribution in [0.2, 0.25) is 5.02 Å². The van der Waals surface area contributed by atoms with Crippen LogP contribution in [0, 0.1) is 0 Å². The summed E-state index contributed by atoms with van der Waals surface area (Å²) in [6.45, 7) is 0.584. The molecule has 1 N–H and O–H groups in total. The Bertz CT molecular complexity index is 1040. The number of aryl methyl sites for hydroxylation is 1. The number of ether oxygens (including phenoxy) is 2. The van der Waals surface area contributed by atoms with E-state index in [4.69, 9.17) is 21.1 Å². The Balaban J connectivity index is 1.56. The number of nitrogens with zero attached hydrogens (tertiary/aromatic N) is 3. The number of alkyl halides is 3. The van der Waals surface area contributed by atoms with Gasteiger partial charge in [0.2, 0.25) is 5.91 Å². The summed E-state index contributed by atoms with van der Waals surface area (Å²) in [4.78, 5) is 26.4. The van der Waals surface area contributed by atoms with Crippen LogP contribution in [0.5, 0.6) is 11.5 Å². The van der Waals surface area contributed by atoms with E-state index >= 15 is 0 Å². The monoisotopic (exact) mass is 474 g/mol. The first-order chi connectivity index (χ1) is 15.1. The largest absolute Gasteiger partial charge is 0.493 e. The van der Waals surface area contributed by atoms with Crippen molar-refractivity contribution in [1.82, 2.24) is 14.7 Å². The maximum absolute atomic E-state index is 12.9. The van der Waals surface area contributed by atoms with Crippen LogP contribution < -0.4 is 20.3 Å². The van der Waals surface area contributed by atoms with E-state index in [-0.39, 0.29) is 40.8 Å². The molecule has 0 bridgehead atoms. The van der Waals surface area contributed by atoms with E-state index in [2.05, 4.69) is 10.4 Å². The summed E-state index contributed by atoms with van der Waals surface area (Å²) in [5.74, 6) is -0.0407. The molecule has 174 valence electrons. The van der Waals surface area contributed by atoms with E-state index in [1.807, 2.05) is 0 Å². The number of nitrogens with one attached hydrogen (secondary N) is 1. The number of aromatic nitrogens is 2. The number of hydrogen-bond acceptors (Lipinski definition) is 6. The molecule has 1 aromatic carbocycles. The number of amides is 1. The van der Waals surface area contributed by atoms with E-state index in [1.165, 1.54) is 20.4 Å². The Kier molecular flexibility index (Phi) is 7.17. The molecule has 1 aromatic heterocycles. The summed E-state index contributed by atoms with van der Waals surface area (Å²) in [5.41, 5.74) is -1.13. The van der Waals surface area contributed by atoms with Gasteiger partial charge in [0.15, 0.2) is 5.75 Å². The molecule has 1 saturated heterocycles. The van der Waals surface area contributed by atoms with Gasteiger partial charge in [0.25, 0.3) is 5.56 Å². The lowest BCUT2D eigenvalue weighted by atomic mass is 10.1. The Morgan fingerprint density at radius 2 is 1.97 bits per heavy atom. The number of rotatable bonds is 6. The maximum atomic E-state index is 12.9. The van der Waals surface area contributed by atoms with Crippen molar-refractivity contribution in [3.8, 4) is 11.5 Å². The van der Waals surface area contributed by atoms with Gasteiger partial charge in [0.05, 0.1) is 30.4 Å². The molecule has 1 aliphatic heterocycles. The second-order valence-electron chi connectivity index (χ2n) is 7.21. The lowest BCUT2D eigenvalue weighted by molar-refractivity contribution is -0.138. The smallest absolute Gasteiger partial charge is 0.416 e. The highest BCUT2D eigenvalue weighted by Gasteiger charge is 2.32. The number of anilines is 1. The number of carbonyl (C=O) groups excluding carboxylic acids is 1. The normalized spacial score (nSPS) is 14.9. The fourth-order valence-corrected chi connectivity index (χ4v) is 3.45. The number of likely N-dealkylation sites (tertiary alicyclic amines) is 1. The van der Waals surface area contributed by atoms with Crippen LogP contribution in [0.25, 0.3) is 0 Å². The summed E-state index contributed by atoms with van der Waals surface area (Å²) in [6, 6.07) is 2.93. The average molecular weight is 475 g/mol. The third kappa shape index (κ3) is 5.45. The first kappa shape index (κ1) is 23.7. The molecule has 0 aliphatic carbocycles. The molecule has 2 aromatic rings. The minimum Gasteiger partial charge on any atom is -0.493 e. The van der Waals surface area contributed by atoms with E-state index in [9.17, 15) is 22.8 Å². The van der Waals surface area contributed by atoms with Crippen molar-refractivity contribution < 1.29 is 27.4 Å². The van der Waals surface area contributed by atoms with Crippen molar-refractivity contribution in [3.63, 3.8) is 0 Å². The molecule has 8 nitrogen and oxygen atoms in total. The molecule has 0 radical (unpaired) electrons. The zero-order valence-electron chi connectivity index (χ0n) is 17.4. The van der Waals surface area contributed by atoms with E-state index < -0.39 is 17.3 Å². The fraction of sp³-hybridized carbons (Fsp3) is 0.450. The van der Waals surface area contributed by atoms with Crippen molar-refractivity contribution >= 4 is 23.2 Å². The third-order valence-electron chi connectivity index (χ3n) is 5.09. The van der Waals surface area contributed by atoms with E-state index in [1.54, 1.807) is 4.90 Å². The molecular weight excluding hydrogens is 453 g/mol. The van der Waals surface area contributed by atoms with Crippen LogP contribution in [-0.2, 0) is 18.0 Å². The summed E-state index contributed by atoms with van der Waals surface area (Å²) < 4.78 is 50.7. The van der Waals surface area contributed by atoms with Crippen molar-refractivity contribution in [1.29, 1.82) is 0 Å². The van der Waals surface area contributed by atoms with Gasteiger partial charge >= 0.3 is 6.18 Å². The van der Waals surface area contributed by atoms with Gasteiger partial charge in [-0.2, -0.15) is 18.3 Å². The standard InChI is InChI=1S/C20H22ClF3N4O4/c1-27-19(30)18(16(31-2)10-26-27)25-11-17(29)28-7-5-13(6-8-28)32-15-9-12(20(22,23)24)3-4-14(15)21/h3-4,9-10,13,25H,5-8,11H2,1-2H3. The number of carbonyl (C=O) groups is 1.